The van der Waals surface area contributed by atoms with Gasteiger partial charge in [0.25, 0.3) is 5.91 Å². The quantitative estimate of drug-likeness (QED) is 0.363. The van der Waals surface area contributed by atoms with Gasteiger partial charge in [-0.2, -0.15) is 0 Å². The van der Waals surface area contributed by atoms with Crippen molar-refractivity contribution >= 4 is 22.4 Å². The van der Waals surface area contributed by atoms with Gasteiger partial charge in [-0.3, -0.25) is 10.1 Å². The number of nitrogens with one attached hydrogen (secondary N) is 1. The molecule has 3 aromatic carbocycles. The van der Waals surface area contributed by atoms with Crippen LogP contribution in [0.15, 0.2) is 66.7 Å². The Bertz CT molecular complexity index is 1240. The van der Waals surface area contributed by atoms with E-state index in [1.807, 2.05) is 30.3 Å². The Kier molecular flexibility index (Phi) is 6.60. The molecule has 6 nitrogen and oxygen atoms in total. The summed E-state index contributed by atoms with van der Waals surface area (Å²) in [6.07, 6.45) is 0. The van der Waals surface area contributed by atoms with E-state index in [0.717, 1.165) is 21.7 Å². The first-order valence-corrected chi connectivity index (χ1v) is 11.1. The van der Waals surface area contributed by atoms with Crippen LogP contribution in [0, 0.1) is 6.92 Å². The molecule has 0 saturated carbocycles. The van der Waals surface area contributed by atoms with Crippen molar-refractivity contribution in [1.29, 1.82) is 0 Å². The molecule has 4 rings (SSSR count). The number of methoxy groups -OCH3 is 3. The van der Waals surface area contributed by atoms with Crippen molar-refractivity contribution < 1.29 is 19.0 Å². The second kappa shape index (κ2) is 9.75. The number of carbonyl (C=O) groups excluding carboxylic acids is 1. The molecule has 0 spiro atoms. The van der Waals surface area contributed by atoms with E-state index >= 15 is 0 Å². The largest absolute Gasteiger partial charge is 0.493 e. The number of amides is 1. The van der Waals surface area contributed by atoms with Crippen LogP contribution in [0.1, 0.15) is 15.9 Å². The van der Waals surface area contributed by atoms with Crippen LogP contribution in [0.2, 0.25) is 0 Å². The second-order valence-electron chi connectivity index (χ2n) is 7.30. The molecule has 0 aliphatic heterocycles. The molecule has 1 heterocycles. The lowest BCUT2D eigenvalue weighted by Gasteiger charge is -2.13. The van der Waals surface area contributed by atoms with Crippen molar-refractivity contribution in [3.05, 3.63) is 77.9 Å². The third kappa shape index (κ3) is 4.68. The van der Waals surface area contributed by atoms with Gasteiger partial charge in [-0.15, -0.1) is 0 Å². The Hall–Kier alpha value is -3.84. The molecular weight excluding hydrogens is 436 g/mol. The summed E-state index contributed by atoms with van der Waals surface area (Å²) in [6.45, 7) is 2.05. The summed E-state index contributed by atoms with van der Waals surface area (Å²) in [4.78, 5) is 18.8. The van der Waals surface area contributed by atoms with Gasteiger partial charge < -0.3 is 14.2 Å². The molecule has 0 bridgehead atoms. The minimum Gasteiger partial charge on any atom is -0.493 e. The molecule has 1 aromatic heterocycles. The lowest BCUT2D eigenvalue weighted by atomic mass is 10.1. The summed E-state index contributed by atoms with van der Waals surface area (Å²) in [5.41, 5.74) is 4.41. The molecule has 33 heavy (non-hydrogen) atoms. The lowest BCUT2D eigenvalue weighted by Crippen LogP contribution is -2.12. The molecule has 0 fully saturated rings. The third-order valence-corrected chi connectivity index (χ3v) is 6.16. The van der Waals surface area contributed by atoms with E-state index in [-0.39, 0.29) is 5.91 Å². The fourth-order valence-corrected chi connectivity index (χ4v) is 4.44. The van der Waals surface area contributed by atoms with Gasteiger partial charge >= 0.3 is 0 Å². The molecule has 168 valence electrons. The minimum atomic E-state index is -0.321. The molecular formula is C26H24N2O4S. The summed E-state index contributed by atoms with van der Waals surface area (Å²) >= 11 is 1.43. The maximum Gasteiger partial charge on any atom is 0.257 e. The molecule has 7 heteroatoms. The van der Waals surface area contributed by atoms with E-state index in [1.54, 1.807) is 12.1 Å². The topological polar surface area (TPSA) is 69.7 Å². The van der Waals surface area contributed by atoms with Gasteiger partial charge in [0, 0.05) is 11.1 Å². The first kappa shape index (κ1) is 22.4. The Balaban J connectivity index is 1.72. The average molecular weight is 461 g/mol. The molecule has 1 amide bonds. The van der Waals surface area contributed by atoms with Gasteiger partial charge in [0.15, 0.2) is 16.6 Å². The zero-order valence-electron chi connectivity index (χ0n) is 18.8. The summed E-state index contributed by atoms with van der Waals surface area (Å²) in [7, 11) is 4.55. The number of carbonyl (C=O) groups is 1. The Labute approximate surface area is 196 Å². The second-order valence-corrected chi connectivity index (χ2v) is 8.30. The maximum atomic E-state index is 13.1. The van der Waals surface area contributed by atoms with E-state index in [0.29, 0.717) is 27.9 Å². The number of hydrogen-bond acceptors (Lipinski definition) is 6. The number of rotatable bonds is 7. The monoisotopic (exact) mass is 460 g/mol. The Morgan fingerprint density at radius 1 is 0.848 bits per heavy atom. The van der Waals surface area contributed by atoms with Crippen LogP contribution in [-0.2, 0) is 0 Å². The number of nitrogens with zero attached hydrogens (tertiary/aromatic N) is 1. The molecule has 0 unspecified atom stereocenters. The van der Waals surface area contributed by atoms with Crippen molar-refractivity contribution in [2.24, 2.45) is 0 Å². The number of ether oxygens (including phenoxy) is 3. The Morgan fingerprint density at radius 2 is 1.48 bits per heavy atom. The van der Waals surface area contributed by atoms with E-state index in [9.17, 15) is 4.79 Å². The van der Waals surface area contributed by atoms with Crippen molar-refractivity contribution in [2.45, 2.75) is 6.92 Å². The predicted molar refractivity (Wildman–Crippen MR) is 132 cm³/mol. The summed E-state index contributed by atoms with van der Waals surface area (Å²) in [6, 6.07) is 21.4. The lowest BCUT2D eigenvalue weighted by molar-refractivity contribution is 0.102. The van der Waals surface area contributed by atoms with E-state index in [2.05, 4.69) is 36.5 Å². The van der Waals surface area contributed by atoms with Crippen LogP contribution in [0.3, 0.4) is 0 Å². The maximum absolute atomic E-state index is 13.1. The average Bonchev–Trinajstić information content (AvgIpc) is 3.27. The highest BCUT2D eigenvalue weighted by Crippen LogP contribution is 2.40. The highest BCUT2D eigenvalue weighted by Gasteiger charge is 2.20. The van der Waals surface area contributed by atoms with Gasteiger partial charge in [-0.05, 0) is 24.6 Å². The van der Waals surface area contributed by atoms with Gasteiger partial charge in [0.2, 0.25) is 5.75 Å². The fraction of sp³-hybridized carbons (Fsp3) is 0.154. The van der Waals surface area contributed by atoms with Crippen LogP contribution in [0.5, 0.6) is 17.2 Å². The zero-order valence-corrected chi connectivity index (χ0v) is 19.7. The van der Waals surface area contributed by atoms with Crippen molar-refractivity contribution in [1.82, 2.24) is 4.98 Å². The van der Waals surface area contributed by atoms with Gasteiger partial charge in [0.1, 0.15) is 0 Å². The van der Waals surface area contributed by atoms with E-state index < -0.39 is 0 Å². The predicted octanol–water partition coefficient (Wildman–Crippen LogP) is 6.06. The molecule has 0 aliphatic rings. The third-order valence-electron chi connectivity index (χ3n) is 5.14. The molecule has 1 N–H and O–H groups in total. The van der Waals surface area contributed by atoms with Crippen LogP contribution in [0.25, 0.3) is 21.7 Å². The first-order valence-electron chi connectivity index (χ1n) is 10.3. The van der Waals surface area contributed by atoms with Crippen LogP contribution in [-0.4, -0.2) is 32.2 Å². The summed E-state index contributed by atoms with van der Waals surface area (Å²) in [5, 5.41) is 3.43. The van der Waals surface area contributed by atoms with E-state index in [1.165, 1.54) is 38.2 Å². The highest BCUT2D eigenvalue weighted by molar-refractivity contribution is 7.19. The van der Waals surface area contributed by atoms with Crippen molar-refractivity contribution in [3.63, 3.8) is 0 Å². The van der Waals surface area contributed by atoms with Gasteiger partial charge in [-0.1, -0.05) is 71.5 Å². The zero-order chi connectivity index (χ0) is 23.4. The minimum absolute atomic E-state index is 0.321. The fourth-order valence-electron chi connectivity index (χ4n) is 3.45. The number of thiazole rings is 1. The first-order chi connectivity index (χ1) is 16.0. The molecule has 4 aromatic rings. The number of hydrogen-bond donors (Lipinski definition) is 1. The van der Waals surface area contributed by atoms with Crippen LogP contribution in [0.4, 0.5) is 5.13 Å². The summed E-state index contributed by atoms with van der Waals surface area (Å²) < 4.78 is 16.1. The standard InChI is InChI=1S/C26H24N2O4S/c1-16-10-12-18(13-11-16)24-22(17-8-6-5-7-9-17)27-26(33-24)28-25(29)19-14-20(30-2)23(32-4)21(15-19)31-3/h5-15H,1-4H3,(H,27,28,29). The van der Waals surface area contributed by atoms with Crippen molar-refractivity contribution in [3.8, 4) is 38.9 Å². The van der Waals surface area contributed by atoms with Gasteiger partial charge in [-0.25, -0.2) is 4.98 Å². The number of anilines is 1. The molecule has 0 radical (unpaired) electrons. The highest BCUT2D eigenvalue weighted by atomic mass is 32.1. The van der Waals surface area contributed by atoms with Gasteiger partial charge in [0.05, 0.1) is 31.9 Å². The molecule has 0 saturated heterocycles. The SMILES string of the molecule is COc1cc(C(=O)Nc2nc(-c3ccccc3)c(-c3ccc(C)cc3)s2)cc(OC)c1OC. The van der Waals surface area contributed by atoms with Crippen molar-refractivity contribution in [2.75, 3.05) is 26.6 Å². The van der Waals surface area contributed by atoms with Crippen LogP contribution >= 0.6 is 11.3 Å². The normalized spacial score (nSPS) is 10.5. The number of aromatic nitrogens is 1. The smallest absolute Gasteiger partial charge is 0.257 e. The van der Waals surface area contributed by atoms with Crippen LogP contribution < -0.4 is 19.5 Å². The number of aryl methyl sites for hydroxylation is 1. The Morgan fingerprint density at radius 3 is 2.06 bits per heavy atom. The summed E-state index contributed by atoms with van der Waals surface area (Å²) in [5.74, 6) is 0.926. The van der Waals surface area contributed by atoms with E-state index in [4.69, 9.17) is 19.2 Å². The molecule has 0 aliphatic carbocycles. The number of benzene rings is 3. The molecule has 0 atom stereocenters.